The first-order chi connectivity index (χ1) is 28.5. The summed E-state index contributed by atoms with van der Waals surface area (Å²) in [6.07, 6.45) is 21.6. The fraction of sp³-hybridized carbons (Fsp3) is 0.625. The monoisotopic (exact) mass is 818 g/mol. The van der Waals surface area contributed by atoms with E-state index in [4.69, 9.17) is 24.2 Å². The number of amides is 1. The second kappa shape index (κ2) is 24.7. The number of carbonyl (C=O) groups is 1. The van der Waals surface area contributed by atoms with E-state index in [0.717, 1.165) is 72.4 Å². The molecule has 6 unspecified atom stereocenters. The lowest BCUT2D eigenvalue weighted by atomic mass is 9.56. The third-order valence-corrected chi connectivity index (χ3v) is 13.3. The fourth-order valence-electron chi connectivity index (χ4n) is 9.24. The van der Waals surface area contributed by atoms with Crippen LogP contribution < -0.4 is 14.8 Å². The summed E-state index contributed by atoms with van der Waals surface area (Å²) >= 11 is 1.73. The SMILES string of the molecule is C=CCOC12Oc3ccc(OC(=O)NCCCCCCCCCCCC)cc3C3C(CCCCO)C(CCCCO)C=C(C(=NOCC)CC1Sc1ccccc1)C32. The molecule has 2 aromatic carbocycles. The topological polar surface area (TPSA) is 119 Å². The molecule has 3 aliphatic rings. The molecule has 2 aromatic rings. The Bertz CT molecular complexity index is 1600. The van der Waals surface area contributed by atoms with E-state index < -0.39 is 11.9 Å². The maximum atomic E-state index is 13.2. The number of unbranched alkanes of at least 4 members (excludes halogenated alkanes) is 11. The summed E-state index contributed by atoms with van der Waals surface area (Å²) in [5, 5.41) is 27.2. The van der Waals surface area contributed by atoms with Crippen LogP contribution in [0.1, 0.15) is 134 Å². The molecule has 0 aromatic heterocycles. The van der Waals surface area contributed by atoms with Crippen LogP contribution in [0.3, 0.4) is 0 Å². The van der Waals surface area contributed by atoms with Crippen LogP contribution in [0.5, 0.6) is 11.5 Å². The van der Waals surface area contributed by atoms with E-state index in [1.165, 1.54) is 51.4 Å². The number of benzene rings is 2. The third kappa shape index (κ3) is 12.4. The van der Waals surface area contributed by atoms with Crippen molar-refractivity contribution >= 4 is 23.6 Å². The van der Waals surface area contributed by atoms with Gasteiger partial charge < -0.3 is 34.6 Å². The summed E-state index contributed by atoms with van der Waals surface area (Å²) in [7, 11) is 0. The van der Waals surface area contributed by atoms with Crippen LogP contribution in [0.15, 0.2) is 82.9 Å². The summed E-state index contributed by atoms with van der Waals surface area (Å²) in [5.41, 5.74) is 2.96. The second-order valence-corrected chi connectivity index (χ2v) is 17.4. The Labute approximate surface area is 352 Å². The molecule has 1 amide bonds. The molecular weight excluding hydrogens is 749 g/mol. The number of rotatable bonds is 27. The largest absolute Gasteiger partial charge is 0.460 e. The van der Waals surface area contributed by atoms with Crippen LogP contribution in [0.4, 0.5) is 4.79 Å². The number of ether oxygens (including phenoxy) is 3. The molecule has 3 N–H and O–H groups in total. The van der Waals surface area contributed by atoms with E-state index in [0.29, 0.717) is 38.3 Å². The molecule has 1 aliphatic heterocycles. The van der Waals surface area contributed by atoms with E-state index >= 15 is 0 Å². The van der Waals surface area contributed by atoms with E-state index in [1.54, 1.807) is 17.8 Å². The molecule has 5 rings (SSSR count). The molecule has 0 spiro atoms. The van der Waals surface area contributed by atoms with Gasteiger partial charge in [-0.2, -0.15) is 0 Å². The molecule has 320 valence electrons. The van der Waals surface area contributed by atoms with Crippen molar-refractivity contribution < 1.29 is 34.1 Å². The number of aliphatic hydroxyl groups excluding tert-OH is 2. The Morgan fingerprint density at radius 1 is 0.931 bits per heavy atom. The van der Waals surface area contributed by atoms with Gasteiger partial charge in [0.05, 0.1) is 23.5 Å². The van der Waals surface area contributed by atoms with Gasteiger partial charge in [-0.3, -0.25) is 0 Å². The lowest BCUT2D eigenvalue weighted by Crippen LogP contribution is -2.64. The maximum absolute atomic E-state index is 13.2. The number of oxime groups is 1. The van der Waals surface area contributed by atoms with Crippen LogP contribution in [0, 0.1) is 17.8 Å². The number of nitrogens with zero attached hydrogens (tertiary/aromatic N) is 1. The lowest BCUT2D eigenvalue weighted by molar-refractivity contribution is -0.223. The van der Waals surface area contributed by atoms with Crippen molar-refractivity contribution in [3.63, 3.8) is 0 Å². The normalized spacial score (nSPS) is 24.0. The average molecular weight is 819 g/mol. The highest BCUT2D eigenvalue weighted by Crippen LogP contribution is 2.63. The molecule has 1 heterocycles. The van der Waals surface area contributed by atoms with Crippen molar-refractivity contribution in [2.75, 3.05) is 33.0 Å². The zero-order valence-corrected chi connectivity index (χ0v) is 36.0. The third-order valence-electron chi connectivity index (χ3n) is 12.0. The van der Waals surface area contributed by atoms with Crippen LogP contribution in [-0.2, 0) is 9.57 Å². The lowest BCUT2D eigenvalue weighted by Gasteiger charge is -2.58. The van der Waals surface area contributed by atoms with Gasteiger partial charge >= 0.3 is 6.09 Å². The van der Waals surface area contributed by atoms with Crippen molar-refractivity contribution in [3.05, 3.63) is 78.4 Å². The van der Waals surface area contributed by atoms with Gasteiger partial charge in [0.2, 0.25) is 5.79 Å². The summed E-state index contributed by atoms with van der Waals surface area (Å²) in [4.78, 5) is 20.1. The molecule has 58 heavy (non-hydrogen) atoms. The van der Waals surface area contributed by atoms with Gasteiger partial charge in [-0.15, -0.1) is 18.3 Å². The summed E-state index contributed by atoms with van der Waals surface area (Å²) in [6.45, 7) is 9.84. The number of aliphatic hydroxyl groups is 2. The predicted octanol–water partition coefficient (Wildman–Crippen LogP) is 11.1. The number of fused-ring (bicyclic) bond motifs is 2. The van der Waals surface area contributed by atoms with Crippen LogP contribution in [0.2, 0.25) is 0 Å². The molecule has 0 bridgehead atoms. The van der Waals surface area contributed by atoms with Crippen molar-refractivity contribution in [2.24, 2.45) is 22.9 Å². The van der Waals surface area contributed by atoms with Gasteiger partial charge in [-0.25, -0.2) is 4.79 Å². The standard InChI is InChI=1S/C48H70N2O7S/c1-4-7-8-9-10-11-12-13-14-20-29-49-47(53)56-37-27-28-43-41(34-37)45-39(26-19-22-31-52)36(23-18-21-30-51)33-40-42(50-55-6-3)35-44(58-38-24-16-15-17-25-38)48(57-43,46(40)45)54-32-5-2/h5,15-17,24-25,27-28,33-34,36,39,44-46,51-52H,2,4,6-14,18-23,26,29-32,35H2,1,3H3,(H,49,53). The highest BCUT2D eigenvalue weighted by molar-refractivity contribution is 8.00. The predicted molar refractivity (Wildman–Crippen MR) is 235 cm³/mol. The first-order valence-electron chi connectivity index (χ1n) is 22.4. The molecule has 6 atom stereocenters. The highest BCUT2D eigenvalue weighted by Gasteiger charge is 2.64. The summed E-state index contributed by atoms with van der Waals surface area (Å²) in [5.74, 6) is 0.0851. The first-order valence-corrected chi connectivity index (χ1v) is 23.2. The molecule has 1 saturated carbocycles. The van der Waals surface area contributed by atoms with Gasteiger partial charge in [-0.05, 0) is 86.8 Å². The molecule has 1 fully saturated rings. The first kappa shape index (κ1) is 45.8. The van der Waals surface area contributed by atoms with Gasteiger partial charge in [0.1, 0.15) is 18.1 Å². The zero-order valence-electron chi connectivity index (χ0n) is 35.2. The van der Waals surface area contributed by atoms with Crippen molar-refractivity contribution in [2.45, 2.75) is 145 Å². The quantitative estimate of drug-likeness (QED) is 0.0463. The van der Waals surface area contributed by atoms with E-state index in [2.05, 4.69) is 37.0 Å². The molecule has 9 nitrogen and oxygen atoms in total. The molecule has 0 radical (unpaired) electrons. The highest BCUT2D eigenvalue weighted by atomic mass is 32.2. The van der Waals surface area contributed by atoms with E-state index in [1.807, 2.05) is 43.3 Å². The number of nitrogens with one attached hydrogen (secondary N) is 1. The Balaban J connectivity index is 1.46. The summed E-state index contributed by atoms with van der Waals surface area (Å²) in [6, 6.07) is 16.1. The number of hydrogen-bond acceptors (Lipinski definition) is 9. The van der Waals surface area contributed by atoms with E-state index in [-0.39, 0.29) is 42.1 Å². The Hall–Kier alpha value is -3.31. The van der Waals surface area contributed by atoms with Crippen molar-refractivity contribution in [3.8, 4) is 11.5 Å². The van der Waals surface area contributed by atoms with Gasteiger partial charge in [-0.1, -0.05) is 113 Å². The Kier molecular flexibility index (Phi) is 19.5. The van der Waals surface area contributed by atoms with Gasteiger partial charge in [0, 0.05) is 42.6 Å². The molecule has 10 heteroatoms. The van der Waals surface area contributed by atoms with Crippen molar-refractivity contribution in [1.82, 2.24) is 5.32 Å². The van der Waals surface area contributed by atoms with Crippen LogP contribution in [0.25, 0.3) is 0 Å². The fourth-order valence-corrected chi connectivity index (χ4v) is 10.6. The molecule has 2 aliphatic carbocycles. The molecule has 0 saturated heterocycles. The van der Waals surface area contributed by atoms with Crippen LogP contribution >= 0.6 is 11.8 Å². The number of thioether (sulfide) groups is 1. The maximum Gasteiger partial charge on any atom is 0.412 e. The zero-order chi connectivity index (χ0) is 41.0. The Morgan fingerprint density at radius 3 is 2.33 bits per heavy atom. The molecular formula is C48H70N2O7S. The smallest absolute Gasteiger partial charge is 0.412 e. The minimum atomic E-state index is -1.08. The average Bonchev–Trinajstić information content (AvgIpc) is 3.23. The van der Waals surface area contributed by atoms with E-state index in [9.17, 15) is 15.0 Å². The Morgan fingerprint density at radius 2 is 1.64 bits per heavy atom. The minimum Gasteiger partial charge on any atom is -0.460 e. The number of hydrogen-bond donors (Lipinski definition) is 3. The number of allylic oxidation sites excluding steroid dienone is 1. The van der Waals surface area contributed by atoms with Gasteiger partial charge in [0.25, 0.3) is 0 Å². The van der Waals surface area contributed by atoms with Gasteiger partial charge in [0.15, 0.2) is 0 Å². The van der Waals surface area contributed by atoms with Crippen molar-refractivity contribution in [1.29, 1.82) is 0 Å². The van der Waals surface area contributed by atoms with Crippen LogP contribution in [-0.4, -0.2) is 66.0 Å². The summed E-state index contributed by atoms with van der Waals surface area (Å²) < 4.78 is 20.2. The minimum absolute atomic E-state index is 0.0874. The second-order valence-electron chi connectivity index (χ2n) is 16.1. The number of carbonyl (C=O) groups excluding carboxylic acids is 1.